The van der Waals surface area contributed by atoms with E-state index in [9.17, 15) is 19.0 Å². The van der Waals surface area contributed by atoms with Crippen LogP contribution in [0.15, 0.2) is 85.1 Å². The van der Waals surface area contributed by atoms with Crippen molar-refractivity contribution in [2.75, 3.05) is 40.9 Å². The fourth-order valence-corrected chi connectivity index (χ4v) is 9.50. The Labute approximate surface area is 469 Å². The van der Waals surface area contributed by atoms with Gasteiger partial charge in [0, 0.05) is 12.8 Å². The van der Waals surface area contributed by atoms with E-state index in [1.165, 1.54) is 128 Å². The van der Waals surface area contributed by atoms with Gasteiger partial charge in [-0.3, -0.25) is 18.6 Å². The van der Waals surface area contributed by atoms with Gasteiger partial charge in [-0.15, -0.1) is 0 Å². The first kappa shape index (κ1) is 73.2. The predicted octanol–water partition coefficient (Wildman–Crippen LogP) is 19.4. The molecular weight excluding hydrogens is 964 g/mol. The molecule has 0 rings (SSSR count). The number of carbonyl (C=O) groups is 2. The highest BCUT2D eigenvalue weighted by Gasteiger charge is 2.30. The Bertz CT molecular complexity index is 1580. The zero-order valence-electron chi connectivity index (χ0n) is 50.2. The first-order chi connectivity index (χ1) is 36.9. The quantitative estimate of drug-likeness (QED) is 0.0205. The van der Waals surface area contributed by atoms with E-state index in [1.807, 2.05) is 33.3 Å². The van der Waals surface area contributed by atoms with Crippen LogP contribution in [0.2, 0.25) is 0 Å². The minimum absolute atomic E-state index is 0.0326. The lowest BCUT2D eigenvalue weighted by Crippen LogP contribution is -2.47. The van der Waals surface area contributed by atoms with Gasteiger partial charge in [0.1, 0.15) is 19.3 Å². The molecule has 3 unspecified atom stereocenters. The molecule has 0 aromatic carbocycles. The molecule has 1 amide bonds. The van der Waals surface area contributed by atoms with Crippen LogP contribution in [0.5, 0.6) is 0 Å². The van der Waals surface area contributed by atoms with Gasteiger partial charge in [-0.1, -0.05) is 260 Å². The first-order valence-electron chi connectivity index (χ1n) is 31.4. The van der Waals surface area contributed by atoms with Gasteiger partial charge in [0.2, 0.25) is 5.91 Å². The van der Waals surface area contributed by atoms with E-state index < -0.39 is 20.0 Å². The Morgan fingerprint density at radius 2 is 0.842 bits per heavy atom. The van der Waals surface area contributed by atoms with Crippen LogP contribution in [-0.4, -0.2) is 74.3 Å². The molecule has 0 aromatic rings. The van der Waals surface area contributed by atoms with E-state index in [0.717, 1.165) is 103 Å². The van der Waals surface area contributed by atoms with Gasteiger partial charge in [0.25, 0.3) is 0 Å². The molecule has 3 atom stereocenters. The lowest BCUT2D eigenvalue weighted by atomic mass is 10.0. The minimum Gasteiger partial charge on any atom is -0.456 e. The molecule has 0 fully saturated rings. The minimum atomic E-state index is -4.46. The number of hydrogen-bond donors (Lipinski definition) is 2. The highest BCUT2D eigenvalue weighted by atomic mass is 31.2. The number of hydrogen-bond acceptors (Lipinski definition) is 6. The smallest absolute Gasteiger partial charge is 0.456 e. The predicted molar refractivity (Wildman–Crippen MR) is 328 cm³/mol. The number of esters is 1. The standard InChI is InChI=1S/C66H119N2O7P/c1-7-10-13-16-19-22-25-28-30-31-32-33-34-35-36-37-38-40-43-46-49-52-55-58-65(69)67-63(62-74-76(71,72)73-61-60-68(4,5)6)64(57-54-51-48-45-42-39-27-24-21-18-15-12-9-3)75-66(70)59-56-53-50-47-44-41-29-26-23-20-17-14-11-8-2/h10,13,19,22,28,30,32-33,35-36,38,40,54,57,63-64H,7-9,11-12,14-18,20-21,23-27,29,31,34,37,39,41-53,55-56,58-62H2,1-6H3,(H-,67,69,71,72)/p+1/b13-10-,22-19-,30-28-,33-32-,36-35-,40-38-,57-54-. The van der Waals surface area contributed by atoms with Crippen molar-refractivity contribution in [3.05, 3.63) is 85.1 Å². The highest BCUT2D eigenvalue weighted by molar-refractivity contribution is 7.47. The molecule has 0 saturated carbocycles. The molecule has 0 heterocycles. The molecule has 0 aliphatic carbocycles. The summed E-state index contributed by atoms with van der Waals surface area (Å²) in [5, 5.41) is 3.05. The Hall–Kier alpha value is -2.81. The third-order valence-electron chi connectivity index (χ3n) is 13.6. The van der Waals surface area contributed by atoms with Crippen LogP contribution < -0.4 is 5.32 Å². The van der Waals surface area contributed by atoms with Crippen LogP contribution in [0.1, 0.15) is 271 Å². The Morgan fingerprint density at radius 3 is 1.26 bits per heavy atom. The van der Waals surface area contributed by atoms with Crippen molar-refractivity contribution >= 4 is 19.7 Å². The summed E-state index contributed by atoms with van der Waals surface area (Å²) in [5.74, 6) is -0.531. The molecule has 0 spiro atoms. The van der Waals surface area contributed by atoms with Crippen molar-refractivity contribution in [3.63, 3.8) is 0 Å². The number of phosphoric acid groups is 1. The molecule has 0 radical (unpaired) electrons. The maximum atomic E-state index is 13.6. The lowest BCUT2D eigenvalue weighted by molar-refractivity contribution is -0.870. The molecule has 0 aromatic heterocycles. The number of quaternary nitrogens is 1. The fraction of sp³-hybridized carbons (Fsp3) is 0.758. The second-order valence-electron chi connectivity index (χ2n) is 22.2. The van der Waals surface area contributed by atoms with Gasteiger partial charge in [-0.05, 0) is 83.1 Å². The third kappa shape index (κ3) is 55.9. The van der Waals surface area contributed by atoms with E-state index in [0.29, 0.717) is 23.9 Å². The van der Waals surface area contributed by atoms with Crippen LogP contribution in [-0.2, 0) is 27.9 Å². The fourth-order valence-electron chi connectivity index (χ4n) is 8.77. The second kappa shape index (κ2) is 55.5. The monoisotopic (exact) mass is 1080 g/mol. The van der Waals surface area contributed by atoms with E-state index >= 15 is 0 Å². The third-order valence-corrected chi connectivity index (χ3v) is 14.6. The van der Waals surface area contributed by atoms with Gasteiger partial charge in [0.15, 0.2) is 0 Å². The Balaban J connectivity index is 5.29. The molecule has 76 heavy (non-hydrogen) atoms. The number of ether oxygens (including phenoxy) is 1. The van der Waals surface area contributed by atoms with Crippen LogP contribution in [0.3, 0.4) is 0 Å². The molecule has 0 bridgehead atoms. The summed E-state index contributed by atoms with van der Waals surface area (Å²) in [7, 11) is 1.47. The summed E-state index contributed by atoms with van der Waals surface area (Å²) in [6.07, 6.45) is 72.9. The van der Waals surface area contributed by atoms with Crippen LogP contribution in [0.25, 0.3) is 0 Å². The molecule has 10 heteroatoms. The van der Waals surface area contributed by atoms with E-state index in [2.05, 4.69) is 99.0 Å². The van der Waals surface area contributed by atoms with Gasteiger partial charge >= 0.3 is 13.8 Å². The first-order valence-corrected chi connectivity index (χ1v) is 32.9. The van der Waals surface area contributed by atoms with Crippen molar-refractivity contribution in [2.45, 2.75) is 283 Å². The van der Waals surface area contributed by atoms with Crippen molar-refractivity contribution in [1.82, 2.24) is 5.32 Å². The molecule has 2 N–H and O–H groups in total. The maximum Gasteiger partial charge on any atom is 0.472 e. The Kier molecular flexibility index (Phi) is 53.5. The number of nitrogens with zero attached hydrogens (tertiary/aromatic N) is 1. The zero-order valence-corrected chi connectivity index (χ0v) is 51.1. The number of phosphoric ester groups is 1. The molecule has 9 nitrogen and oxygen atoms in total. The maximum absolute atomic E-state index is 13.6. The molecular formula is C66H120N2O7P+. The van der Waals surface area contributed by atoms with Crippen molar-refractivity contribution in [2.24, 2.45) is 0 Å². The number of nitrogens with one attached hydrogen (secondary N) is 1. The van der Waals surface area contributed by atoms with Crippen LogP contribution in [0, 0.1) is 0 Å². The largest absolute Gasteiger partial charge is 0.472 e. The number of amides is 1. The average Bonchev–Trinajstić information content (AvgIpc) is 3.38. The normalized spacial score (nSPS) is 14.2. The molecule has 0 aliphatic rings. The van der Waals surface area contributed by atoms with Gasteiger partial charge in [-0.25, -0.2) is 4.57 Å². The summed E-state index contributed by atoms with van der Waals surface area (Å²) in [6, 6.07) is -0.864. The van der Waals surface area contributed by atoms with Crippen molar-refractivity contribution < 1.29 is 37.3 Å². The molecule has 0 saturated heterocycles. The van der Waals surface area contributed by atoms with E-state index in [4.69, 9.17) is 13.8 Å². The van der Waals surface area contributed by atoms with Crippen molar-refractivity contribution in [3.8, 4) is 0 Å². The van der Waals surface area contributed by atoms with Gasteiger partial charge in [0.05, 0.1) is 33.8 Å². The summed E-state index contributed by atoms with van der Waals surface area (Å²) < 4.78 is 30.7. The molecule has 440 valence electrons. The number of rotatable bonds is 56. The number of unbranched alkanes of at least 4 members (excludes halogenated alkanes) is 28. The van der Waals surface area contributed by atoms with Gasteiger partial charge in [-0.2, -0.15) is 0 Å². The number of carbonyl (C=O) groups excluding carboxylic acids is 2. The summed E-state index contributed by atoms with van der Waals surface area (Å²) in [4.78, 5) is 37.7. The van der Waals surface area contributed by atoms with E-state index in [1.54, 1.807) is 0 Å². The number of likely N-dealkylation sites (N-methyl/N-ethyl adjacent to an activating group) is 1. The average molecular weight is 1080 g/mol. The molecule has 0 aliphatic heterocycles. The summed E-state index contributed by atoms with van der Waals surface area (Å²) in [6.45, 7) is 6.89. The van der Waals surface area contributed by atoms with Crippen LogP contribution in [0.4, 0.5) is 0 Å². The zero-order chi connectivity index (χ0) is 55.7. The van der Waals surface area contributed by atoms with E-state index in [-0.39, 0.29) is 31.5 Å². The number of allylic oxidation sites excluding steroid dienone is 13. The Morgan fingerprint density at radius 1 is 0.474 bits per heavy atom. The topological polar surface area (TPSA) is 111 Å². The SMILES string of the molecule is CC/C=C\C/C=C\C/C=C\C/C=C\C/C=C\C/C=C\CCCCCCC(=O)NC(COP(=O)(O)OCC[N+](C)(C)C)C(/C=C\CCCCCCCCCCCCC)OC(=O)CCCCCCCCCCCCCCCC. The van der Waals surface area contributed by atoms with Crippen LogP contribution >= 0.6 is 7.82 Å². The van der Waals surface area contributed by atoms with Crippen molar-refractivity contribution in [1.29, 1.82) is 0 Å². The summed E-state index contributed by atoms with van der Waals surface area (Å²) >= 11 is 0. The lowest BCUT2D eigenvalue weighted by Gasteiger charge is -2.27. The van der Waals surface area contributed by atoms with Gasteiger partial charge < -0.3 is 19.4 Å². The highest BCUT2D eigenvalue weighted by Crippen LogP contribution is 2.43. The summed E-state index contributed by atoms with van der Waals surface area (Å²) in [5.41, 5.74) is 0. The second-order valence-corrected chi connectivity index (χ2v) is 23.7.